The number of hydrogen-bond acceptors (Lipinski definition) is 6. The molecule has 32 heavy (non-hydrogen) atoms. The molecule has 0 aromatic heterocycles. The Morgan fingerprint density at radius 2 is 1.69 bits per heavy atom. The Kier molecular flexibility index (Phi) is 6.58. The molecule has 6 nitrogen and oxygen atoms in total. The van der Waals surface area contributed by atoms with E-state index >= 15 is 0 Å². The molecular weight excluding hydrogens is 465 g/mol. The van der Waals surface area contributed by atoms with Crippen molar-refractivity contribution in [3.8, 4) is 0 Å². The molecule has 4 rings (SSSR count). The maximum absolute atomic E-state index is 13.3. The maximum atomic E-state index is 13.3. The minimum absolute atomic E-state index is 0.0422. The van der Waals surface area contributed by atoms with Crippen LogP contribution in [0.25, 0.3) is 0 Å². The van der Waals surface area contributed by atoms with Crippen LogP contribution in [-0.2, 0) is 28.2 Å². The summed E-state index contributed by atoms with van der Waals surface area (Å²) in [5.74, 6) is -2.31. The lowest BCUT2D eigenvalue weighted by atomic mass is 9.49. The van der Waals surface area contributed by atoms with Crippen LogP contribution in [-0.4, -0.2) is 54.5 Å². The lowest BCUT2D eigenvalue weighted by molar-refractivity contribution is -0.329. The minimum atomic E-state index is -5.87. The van der Waals surface area contributed by atoms with Crippen molar-refractivity contribution in [1.29, 1.82) is 0 Å². The summed E-state index contributed by atoms with van der Waals surface area (Å²) in [7, 11) is -5.42. The van der Waals surface area contributed by atoms with Gasteiger partial charge in [-0.05, 0) is 49.7 Å². The van der Waals surface area contributed by atoms with Gasteiger partial charge in [0.15, 0.2) is 8.32 Å². The smallest absolute Gasteiger partial charge is 0.414 e. The summed E-state index contributed by atoms with van der Waals surface area (Å²) in [5.41, 5.74) is -6.55. The zero-order valence-electron chi connectivity index (χ0n) is 19.8. The van der Waals surface area contributed by atoms with E-state index in [-0.39, 0.29) is 17.1 Å². The number of alkyl halides is 3. The fraction of sp³-hybridized carbons (Fsp3) is 0.905. The molecule has 0 N–H and O–H groups in total. The summed E-state index contributed by atoms with van der Waals surface area (Å²) in [5, 5.41) is -0.0422. The third-order valence-electron chi connectivity index (χ3n) is 8.15. The van der Waals surface area contributed by atoms with Gasteiger partial charge in [-0.3, -0.25) is 4.18 Å². The Hall–Kier alpha value is -0.463. The summed E-state index contributed by atoms with van der Waals surface area (Å²) < 4.78 is 87.1. The molecular formula is C21H35F3O6SSi. The first-order chi connectivity index (χ1) is 14.5. The molecule has 4 aliphatic carbocycles. The van der Waals surface area contributed by atoms with E-state index in [4.69, 9.17) is 18.1 Å². The third kappa shape index (κ3) is 3.90. The average molecular weight is 501 g/mol. The second-order valence-electron chi connectivity index (χ2n) is 10.7. The molecule has 186 valence electrons. The lowest BCUT2D eigenvalue weighted by Crippen LogP contribution is -2.70. The quantitative estimate of drug-likeness (QED) is 0.168. The van der Waals surface area contributed by atoms with Crippen molar-refractivity contribution in [3.63, 3.8) is 0 Å². The van der Waals surface area contributed by atoms with Crippen LogP contribution >= 0.6 is 0 Å². The predicted molar refractivity (Wildman–Crippen MR) is 116 cm³/mol. The molecule has 4 aliphatic rings. The van der Waals surface area contributed by atoms with Crippen molar-refractivity contribution in [3.05, 3.63) is 12.2 Å². The Morgan fingerprint density at radius 3 is 2.19 bits per heavy atom. The van der Waals surface area contributed by atoms with E-state index in [1.807, 2.05) is 12.2 Å². The fourth-order valence-electron chi connectivity index (χ4n) is 5.48. The highest BCUT2D eigenvalue weighted by Crippen LogP contribution is 2.63. The summed E-state index contributed by atoms with van der Waals surface area (Å²) in [6.07, 6.45) is 4.48. The molecule has 5 unspecified atom stereocenters. The van der Waals surface area contributed by atoms with Gasteiger partial charge in [0.05, 0.1) is 0 Å². The normalized spacial score (nSPS) is 35.1. The summed E-state index contributed by atoms with van der Waals surface area (Å²) >= 11 is 0. The largest absolute Gasteiger partial charge is 0.523 e. The van der Waals surface area contributed by atoms with Crippen LogP contribution in [0.4, 0.5) is 13.2 Å². The van der Waals surface area contributed by atoms with Gasteiger partial charge in [-0.1, -0.05) is 32.9 Å². The highest BCUT2D eigenvalue weighted by molar-refractivity contribution is 7.87. The fourth-order valence-corrected chi connectivity index (χ4v) is 7.55. The van der Waals surface area contributed by atoms with Gasteiger partial charge in [-0.15, -0.1) is 0 Å². The van der Waals surface area contributed by atoms with E-state index in [0.29, 0.717) is 19.3 Å². The van der Waals surface area contributed by atoms with Crippen LogP contribution in [0.3, 0.4) is 0 Å². The van der Waals surface area contributed by atoms with Crippen molar-refractivity contribution < 1.29 is 39.7 Å². The monoisotopic (exact) mass is 500 g/mol. The highest BCUT2D eigenvalue weighted by atomic mass is 32.2. The molecule has 5 atom stereocenters. The Morgan fingerprint density at radius 1 is 1.09 bits per heavy atom. The van der Waals surface area contributed by atoms with Gasteiger partial charge in [0.25, 0.3) is 0 Å². The second-order valence-corrected chi connectivity index (χ2v) is 17.1. The number of ether oxygens (including phenoxy) is 2. The first kappa shape index (κ1) is 26.1. The third-order valence-corrected chi connectivity index (χ3v) is 13.7. The molecule has 2 saturated carbocycles. The van der Waals surface area contributed by atoms with Crippen LogP contribution in [0.2, 0.25) is 18.1 Å². The van der Waals surface area contributed by atoms with Gasteiger partial charge >= 0.3 is 15.6 Å². The van der Waals surface area contributed by atoms with Crippen LogP contribution in [0.5, 0.6) is 0 Å². The minimum Gasteiger partial charge on any atom is -0.414 e. The molecule has 0 heterocycles. The van der Waals surface area contributed by atoms with Crippen molar-refractivity contribution in [1.82, 2.24) is 0 Å². The molecule has 0 radical (unpaired) electrons. The van der Waals surface area contributed by atoms with Crippen LogP contribution in [0, 0.1) is 17.3 Å². The van der Waals surface area contributed by atoms with Crippen LogP contribution in [0.1, 0.15) is 46.5 Å². The molecule has 0 saturated heterocycles. The van der Waals surface area contributed by atoms with E-state index < -0.39 is 47.2 Å². The van der Waals surface area contributed by atoms with Gasteiger partial charge in [-0.2, -0.15) is 21.6 Å². The molecule has 11 heteroatoms. The molecule has 0 aromatic rings. The van der Waals surface area contributed by atoms with Crippen molar-refractivity contribution in [2.45, 2.75) is 88.1 Å². The molecule has 0 aliphatic heterocycles. The standard InChI is InChI=1S/C21H35F3O6SSi/c1-18(2,3)32(6,7)30-16-9-8-11-19-12-10-14(13-15(16)19)20(27-4,28-5)17(19)29-31(25,26)21(22,23)24/h10,12,14-17H,8-9,11,13H2,1-7H3. The van der Waals surface area contributed by atoms with Crippen molar-refractivity contribution >= 4 is 18.4 Å². The molecule has 1 spiro atoms. The van der Waals surface area contributed by atoms with Crippen molar-refractivity contribution in [2.75, 3.05) is 14.2 Å². The summed E-state index contributed by atoms with van der Waals surface area (Å²) in [6.45, 7) is 10.7. The Bertz CT molecular complexity index is 847. The lowest BCUT2D eigenvalue weighted by Gasteiger charge is -2.63. The Labute approximate surface area is 190 Å². The molecule has 2 fully saturated rings. The Balaban J connectivity index is 2.07. The predicted octanol–water partition coefficient (Wildman–Crippen LogP) is 4.98. The average Bonchev–Trinajstić information content (AvgIpc) is 2.66. The van der Waals surface area contributed by atoms with Gasteiger partial charge in [-0.25, -0.2) is 0 Å². The van der Waals surface area contributed by atoms with Crippen LogP contribution in [0.15, 0.2) is 12.2 Å². The topological polar surface area (TPSA) is 71.1 Å². The number of methoxy groups -OCH3 is 2. The molecule has 2 bridgehead atoms. The maximum Gasteiger partial charge on any atom is 0.523 e. The van der Waals surface area contributed by atoms with E-state index in [1.165, 1.54) is 14.2 Å². The van der Waals surface area contributed by atoms with E-state index in [2.05, 4.69) is 33.9 Å². The second kappa shape index (κ2) is 8.05. The number of hydrogen-bond donors (Lipinski definition) is 0. The number of halogens is 3. The first-order valence-electron chi connectivity index (χ1n) is 10.9. The van der Waals surface area contributed by atoms with E-state index in [1.54, 1.807) is 0 Å². The van der Waals surface area contributed by atoms with Gasteiger partial charge in [0.1, 0.15) is 6.10 Å². The van der Waals surface area contributed by atoms with Gasteiger partial charge in [0, 0.05) is 31.7 Å². The number of fused-ring (bicyclic) bond motifs is 1. The highest BCUT2D eigenvalue weighted by Gasteiger charge is 2.70. The summed E-state index contributed by atoms with van der Waals surface area (Å²) in [4.78, 5) is 0. The first-order valence-corrected chi connectivity index (χ1v) is 15.3. The van der Waals surface area contributed by atoms with Gasteiger partial charge < -0.3 is 13.9 Å². The summed E-state index contributed by atoms with van der Waals surface area (Å²) in [6, 6.07) is 0. The van der Waals surface area contributed by atoms with Crippen molar-refractivity contribution in [2.24, 2.45) is 17.3 Å². The molecule has 0 aromatic carbocycles. The molecule has 0 amide bonds. The number of rotatable bonds is 6. The van der Waals surface area contributed by atoms with E-state index in [9.17, 15) is 21.6 Å². The van der Waals surface area contributed by atoms with E-state index in [0.717, 1.165) is 6.42 Å². The zero-order chi connectivity index (χ0) is 24.4. The van der Waals surface area contributed by atoms with Gasteiger partial charge in [0.2, 0.25) is 5.79 Å². The SMILES string of the molecule is COC1(OC)C2C=CC3(CCCC(O[Si](C)(C)C(C)(C)C)C3C2)C1OS(=O)(=O)C(F)(F)F. The zero-order valence-corrected chi connectivity index (χ0v) is 21.6. The van der Waals surface area contributed by atoms with Crippen LogP contribution < -0.4 is 0 Å².